The predicted octanol–water partition coefficient (Wildman–Crippen LogP) is 2.12. The number of nitrogens with zero attached hydrogens (tertiary/aromatic N) is 4. The zero-order valence-electron chi connectivity index (χ0n) is 16.8. The molecule has 1 aromatic heterocycles. The molecule has 2 heterocycles. The first-order valence-electron chi connectivity index (χ1n) is 9.12. The Hall–Kier alpha value is -2.01. The number of benzene rings is 1. The first-order valence-corrected chi connectivity index (χ1v) is 9.12. The SMILES string of the molecule is CCNC(=NCc1ccc2c(c1)OCO2)NCC(c1cnn(C)c1)N(C)C.I. The molecule has 8 nitrogen and oxygen atoms in total. The molecule has 1 atom stereocenters. The fraction of sp³-hybridized carbons (Fsp3) is 0.474. The smallest absolute Gasteiger partial charge is 0.231 e. The summed E-state index contributed by atoms with van der Waals surface area (Å²) >= 11 is 0. The first-order chi connectivity index (χ1) is 13.1. The van der Waals surface area contributed by atoms with E-state index in [-0.39, 0.29) is 36.8 Å². The van der Waals surface area contributed by atoms with Crippen molar-refractivity contribution >= 4 is 29.9 Å². The highest BCUT2D eigenvalue weighted by Crippen LogP contribution is 2.32. The maximum Gasteiger partial charge on any atom is 0.231 e. The summed E-state index contributed by atoms with van der Waals surface area (Å²) in [6.45, 7) is 4.43. The Kier molecular flexibility index (Phi) is 8.36. The van der Waals surface area contributed by atoms with E-state index in [0.717, 1.165) is 36.1 Å². The van der Waals surface area contributed by atoms with Crippen molar-refractivity contribution in [1.82, 2.24) is 25.3 Å². The normalized spacial score (nSPS) is 14.0. The van der Waals surface area contributed by atoms with E-state index in [1.54, 1.807) is 0 Å². The molecule has 0 amide bonds. The van der Waals surface area contributed by atoms with Crippen molar-refractivity contribution in [2.24, 2.45) is 12.0 Å². The lowest BCUT2D eigenvalue weighted by Crippen LogP contribution is -2.41. The molecule has 1 unspecified atom stereocenters. The summed E-state index contributed by atoms with van der Waals surface area (Å²) in [5.41, 5.74) is 2.24. The lowest BCUT2D eigenvalue weighted by Gasteiger charge is -2.24. The second-order valence-electron chi connectivity index (χ2n) is 6.69. The molecule has 0 fully saturated rings. The van der Waals surface area contributed by atoms with Crippen LogP contribution in [0.5, 0.6) is 11.5 Å². The average Bonchev–Trinajstić information content (AvgIpc) is 3.27. The number of likely N-dealkylation sites (N-methyl/N-ethyl adjacent to an activating group) is 1. The van der Waals surface area contributed by atoms with Gasteiger partial charge < -0.3 is 25.0 Å². The van der Waals surface area contributed by atoms with Crippen molar-refractivity contribution in [3.8, 4) is 11.5 Å². The van der Waals surface area contributed by atoms with Crippen molar-refractivity contribution in [1.29, 1.82) is 0 Å². The standard InChI is InChI=1S/C19H28N6O2.HI/c1-5-20-19(21-9-14-6-7-17-18(8-14)27-13-26-17)22-11-16(24(2)3)15-10-23-25(4)12-15;/h6-8,10,12,16H,5,9,11,13H2,1-4H3,(H2,20,21,22);1H. The number of halogens is 1. The summed E-state index contributed by atoms with van der Waals surface area (Å²) in [4.78, 5) is 6.87. The number of guanidine groups is 1. The Balaban J connectivity index is 0.00000280. The van der Waals surface area contributed by atoms with Gasteiger partial charge in [-0.25, -0.2) is 4.99 Å². The van der Waals surface area contributed by atoms with Crippen molar-refractivity contribution < 1.29 is 9.47 Å². The van der Waals surface area contributed by atoms with E-state index in [1.807, 2.05) is 42.3 Å². The zero-order valence-corrected chi connectivity index (χ0v) is 19.1. The number of aliphatic imine (C=N–C) groups is 1. The Bertz CT molecular complexity index is 792. The highest BCUT2D eigenvalue weighted by atomic mass is 127. The van der Waals surface area contributed by atoms with Crippen LogP contribution in [0, 0.1) is 0 Å². The second-order valence-corrected chi connectivity index (χ2v) is 6.69. The first kappa shape index (κ1) is 22.3. The molecule has 3 rings (SSSR count). The van der Waals surface area contributed by atoms with Crippen molar-refractivity contribution in [2.45, 2.75) is 19.5 Å². The topological polar surface area (TPSA) is 75.9 Å². The van der Waals surface area contributed by atoms with Crippen LogP contribution in [0.3, 0.4) is 0 Å². The van der Waals surface area contributed by atoms with Gasteiger partial charge in [0.15, 0.2) is 17.5 Å². The van der Waals surface area contributed by atoms with Gasteiger partial charge in [-0.15, -0.1) is 24.0 Å². The number of nitrogens with one attached hydrogen (secondary N) is 2. The lowest BCUT2D eigenvalue weighted by atomic mass is 10.1. The molecule has 1 aliphatic rings. The molecule has 1 aromatic carbocycles. The summed E-state index contributed by atoms with van der Waals surface area (Å²) < 4.78 is 12.6. The Morgan fingerprint density at radius 2 is 2.07 bits per heavy atom. The fourth-order valence-corrected chi connectivity index (χ4v) is 2.96. The van der Waals surface area contributed by atoms with E-state index < -0.39 is 0 Å². The van der Waals surface area contributed by atoms with Gasteiger partial charge in [0.25, 0.3) is 0 Å². The minimum Gasteiger partial charge on any atom is -0.454 e. The van der Waals surface area contributed by atoms with Gasteiger partial charge in [0, 0.05) is 31.9 Å². The number of ether oxygens (including phenoxy) is 2. The third kappa shape index (κ3) is 5.74. The van der Waals surface area contributed by atoms with E-state index in [2.05, 4.69) is 41.7 Å². The molecule has 0 bridgehead atoms. The monoisotopic (exact) mass is 500 g/mol. The quantitative estimate of drug-likeness (QED) is 0.345. The van der Waals surface area contributed by atoms with Gasteiger partial charge in [0.1, 0.15) is 0 Å². The lowest BCUT2D eigenvalue weighted by molar-refractivity contribution is 0.174. The van der Waals surface area contributed by atoms with Crippen LogP contribution >= 0.6 is 24.0 Å². The van der Waals surface area contributed by atoms with Gasteiger partial charge in [-0.3, -0.25) is 4.68 Å². The molecular weight excluding hydrogens is 471 g/mol. The number of aromatic nitrogens is 2. The number of aryl methyl sites for hydroxylation is 1. The van der Waals surface area contributed by atoms with Crippen LogP contribution in [0.1, 0.15) is 24.1 Å². The average molecular weight is 500 g/mol. The van der Waals surface area contributed by atoms with Crippen LogP contribution in [0.4, 0.5) is 0 Å². The number of hydrogen-bond acceptors (Lipinski definition) is 5. The van der Waals surface area contributed by atoms with Crippen LogP contribution in [-0.4, -0.2) is 54.6 Å². The zero-order chi connectivity index (χ0) is 19.2. The van der Waals surface area contributed by atoms with Gasteiger partial charge >= 0.3 is 0 Å². The van der Waals surface area contributed by atoms with Gasteiger partial charge in [0.2, 0.25) is 6.79 Å². The highest BCUT2D eigenvalue weighted by Gasteiger charge is 2.16. The van der Waals surface area contributed by atoms with Crippen LogP contribution in [0.2, 0.25) is 0 Å². The van der Waals surface area contributed by atoms with Gasteiger partial charge in [-0.1, -0.05) is 6.07 Å². The second kappa shape index (κ2) is 10.5. The van der Waals surface area contributed by atoms with Crippen LogP contribution in [0.15, 0.2) is 35.6 Å². The van der Waals surface area contributed by atoms with Crippen LogP contribution in [0.25, 0.3) is 0 Å². The van der Waals surface area contributed by atoms with Gasteiger partial charge in [-0.05, 0) is 38.7 Å². The maximum absolute atomic E-state index is 5.43. The van der Waals surface area contributed by atoms with E-state index in [1.165, 1.54) is 5.56 Å². The van der Waals surface area contributed by atoms with Gasteiger partial charge in [-0.2, -0.15) is 5.10 Å². The van der Waals surface area contributed by atoms with Crippen molar-refractivity contribution in [3.05, 3.63) is 41.7 Å². The molecule has 0 saturated carbocycles. The fourth-order valence-electron chi connectivity index (χ4n) is 2.96. The summed E-state index contributed by atoms with van der Waals surface area (Å²) in [5.74, 6) is 2.36. The largest absolute Gasteiger partial charge is 0.454 e. The van der Waals surface area contributed by atoms with E-state index in [9.17, 15) is 0 Å². The van der Waals surface area contributed by atoms with Crippen LogP contribution in [-0.2, 0) is 13.6 Å². The minimum atomic E-state index is 0. The molecule has 0 saturated heterocycles. The molecule has 9 heteroatoms. The Morgan fingerprint density at radius 3 is 2.75 bits per heavy atom. The Morgan fingerprint density at radius 1 is 1.29 bits per heavy atom. The van der Waals surface area contributed by atoms with Crippen molar-refractivity contribution in [2.75, 3.05) is 34.0 Å². The third-order valence-corrected chi connectivity index (χ3v) is 4.40. The van der Waals surface area contributed by atoms with E-state index >= 15 is 0 Å². The molecule has 1 aliphatic heterocycles. The molecule has 2 aromatic rings. The number of hydrogen-bond donors (Lipinski definition) is 2. The highest BCUT2D eigenvalue weighted by molar-refractivity contribution is 14.0. The van der Waals surface area contributed by atoms with Gasteiger partial charge in [0.05, 0.1) is 18.8 Å². The molecule has 2 N–H and O–H groups in total. The maximum atomic E-state index is 5.43. The summed E-state index contributed by atoms with van der Waals surface area (Å²) in [7, 11) is 6.06. The summed E-state index contributed by atoms with van der Waals surface area (Å²) in [6, 6.07) is 6.12. The molecule has 0 aliphatic carbocycles. The predicted molar refractivity (Wildman–Crippen MR) is 120 cm³/mol. The minimum absolute atomic E-state index is 0. The summed E-state index contributed by atoms with van der Waals surface area (Å²) in [6.07, 6.45) is 3.95. The van der Waals surface area contributed by atoms with E-state index in [4.69, 9.17) is 14.5 Å². The van der Waals surface area contributed by atoms with Crippen LogP contribution < -0.4 is 20.1 Å². The molecule has 0 spiro atoms. The molecule has 28 heavy (non-hydrogen) atoms. The van der Waals surface area contributed by atoms with E-state index in [0.29, 0.717) is 6.54 Å². The third-order valence-electron chi connectivity index (χ3n) is 4.40. The summed E-state index contributed by atoms with van der Waals surface area (Å²) in [5, 5.41) is 11.0. The number of rotatable bonds is 7. The molecule has 154 valence electrons. The molecule has 0 radical (unpaired) electrons. The van der Waals surface area contributed by atoms with Crippen molar-refractivity contribution in [3.63, 3.8) is 0 Å². The molecular formula is C19H29IN6O2. The Labute approximate surface area is 183 Å². The number of fused-ring (bicyclic) bond motifs is 1.